The molecule has 164 valence electrons. The summed E-state index contributed by atoms with van der Waals surface area (Å²) < 4.78 is 38.1. The maximum absolute atomic E-state index is 12.6. The van der Waals surface area contributed by atoms with E-state index in [1.807, 2.05) is 11.6 Å². The Morgan fingerprint density at radius 3 is 2.53 bits per heavy atom. The van der Waals surface area contributed by atoms with Gasteiger partial charge in [-0.1, -0.05) is 13.0 Å². The molecule has 2 aromatic rings. The van der Waals surface area contributed by atoms with Crippen molar-refractivity contribution < 1.29 is 27.2 Å². The molecule has 0 radical (unpaired) electrons. The third-order valence-corrected chi connectivity index (χ3v) is 5.52. The molecular formula is C20H27N3O6S. The lowest BCUT2D eigenvalue weighted by atomic mass is 10.0. The van der Waals surface area contributed by atoms with Crippen molar-refractivity contribution >= 4 is 22.0 Å². The van der Waals surface area contributed by atoms with Gasteiger partial charge in [-0.25, -0.2) is 17.9 Å². The Balaban J connectivity index is 2.26. The Morgan fingerprint density at radius 1 is 1.20 bits per heavy atom. The molecule has 0 unspecified atom stereocenters. The van der Waals surface area contributed by atoms with E-state index in [1.54, 1.807) is 32.0 Å². The molecule has 0 saturated carbocycles. The number of hydrogen-bond acceptors (Lipinski definition) is 6. The van der Waals surface area contributed by atoms with E-state index in [4.69, 9.17) is 9.15 Å². The fraction of sp³-hybridized carbons (Fsp3) is 0.400. The normalized spacial score (nSPS) is 11.6. The number of hydrogen-bond donors (Lipinski definition) is 3. The first-order chi connectivity index (χ1) is 14.1. The van der Waals surface area contributed by atoms with E-state index in [1.165, 1.54) is 25.4 Å². The first kappa shape index (κ1) is 23.3. The van der Waals surface area contributed by atoms with Crippen LogP contribution in [0.4, 0.5) is 4.79 Å². The van der Waals surface area contributed by atoms with Gasteiger partial charge < -0.3 is 19.8 Å². The van der Waals surface area contributed by atoms with E-state index in [0.717, 1.165) is 0 Å². The largest absolute Gasteiger partial charge is 0.492 e. The summed E-state index contributed by atoms with van der Waals surface area (Å²) in [6.07, 6.45) is 2.13. The predicted octanol–water partition coefficient (Wildman–Crippen LogP) is 2.28. The van der Waals surface area contributed by atoms with Crippen molar-refractivity contribution in [3.63, 3.8) is 0 Å². The van der Waals surface area contributed by atoms with Gasteiger partial charge in [-0.05, 0) is 50.1 Å². The lowest BCUT2D eigenvalue weighted by Crippen LogP contribution is -2.41. The molecule has 0 fully saturated rings. The molecule has 0 aliphatic heterocycles. The molecule has 1 heterocycles. The molecule has 3 amide bonds. The van der Waals surface area contributed by atoms with Crippen LogP contribution >= 0.6 is 0 Å². The monoisotopic (exact) mass is 437 g/mol. The van der Waals surface area contributed by atoms with Crippen LogP contribution in [0.2, 0.25) is 0 Å². The Bertz CT molecular complexity index is 984. The number of nitrogens with one attached hydrogen (secondary N) is 3. The lowest BCUT2D eigenvalue weighted by Gasteiger charge is -2.24. The zero-order valence-electron chi connectivity index (χ0n) is 17.4. The van der Waals surface area contributed by atoms with Crippen LogP contribution in [-0.4, -0.2) is 34.0 Å². The fourth-order valence-corrected chi connectivity index (χ4v) is 3.86. The molecule has 0 atom stereocenters. The molecule has 1 aromatic carbocycles. The molecule has 0 aliphatic rings. The Morgan fingerprint density at radius 2 is 1.93 bits per heavy atom. The third-order valence-electron chi connectivity index (χ3n) is 4.17. The second-order valence-electron chi connectivity index (χ2n) is 7.14. The van der Waals surface area contributed by atoms with Gasteiger partial charge in [0.15, 0.2) is 0 Å². The summed E-state index contributed by atoms with van der Waals surface area (Å²) >= 11 is 0. The number of carbonyl (C=O) groups is 2. The summed E-state index contributed by atoms with van der Waals surface area (Å²) in [7, 11) is -2.89. The van der Waals surface area contributed by atoms with Crippen LogP contribution in [0.1, 0.15) is 38.5 Å². The first-order valence-electron chi connectivity index (χ1n) is 9.44. The van der Waals surface area contributed by atoms with E-state index in [0.29, 0.717) is 24.4 Å². The minimum absolute atomic E-state index is 0.0688. The number of amides is 3. The summed E-state index contributed by atoms with van der Waals surface area (Å²) in [4.78, 5) is 23.9. The van der Waals surface area contributed by atoms with E-state index in [2.05, 4.69) is 10.6 Å². The van der Waals surface area contributed by atoms with Gasteiger partial charge in [0.05, 0.1) is 24.8 Å². The van der Waals surface area contributed by atoms with Crippen molar-refractivity contribution in [2.45, 2.75) is 44.0 Å². The van der Waals surface area contributed by atoms with Crippen molar-refractivity contribution in [3.8, 4) is 5.75 Å². The number of urea groups is 1. The van der Waals surface area contributed by atoms with Crippen molar-refractivity contribution in [1.29, 1.82) is 0 Å². The van der Waals surface area contributed by atoms with Crippen LogP contribution in [0.5, 0.6) is 5.75 Å². The molecule has 10 heteroatoms. The van der Waals surface area contributed by atoms with Gasteiger partial charge >= 0.3 is 6.03 Å². The standard InChI is InChI=1S/C20H27N3O6S/c1-5-10-28-15-9-8-14(12-16(15)30(26,27)23-19(25)21-4)13-18(24)22-20(2,3)17-7-6-11-29-17/h6-9,11-12H,5,10,13H2,1-4H3,(H,22,24)(H2,21,23,25). The highest BCUT2D eigenvalue weighted by Crippen LogP contribution is 2.26. The average molecular weight is 438 g/mol. The van der Waals surface area contributed by atoms with Crippen molar-refractivity contribution in [3.05, 3.63) is 47.9 Å². The Labute approximate surface area is 176 Å². The molecule has 0 saturated heterocycles. The quantitative estimate of drug-likeness (QED) is 0.552. The topological polar surface area (TPSA) is 127 Å². The maximum atomic E-state index is 12.6. The maximum Gasteiger partial charge on any atom is 0.328 e. The van der Waals surface area contributed by atoms with Gasteiger partial charge in [0, 0.05) is 7.05 Å². The summed E-state index contributed by atoms with van der Waals surface area (Å²) in [6.45, 7) is 5.79. The number of carbonyl (C=O) groups excluding carboxylic acids is 2. The molecule has 2 rings (SSSR count). The zero-order valence-corrected chi connectivity index (χ0v) is 18.3. The average Bonchev–Trinajstić information content (AvgIpc) is 3.22. The first-order valence-corrected chi connectivity index (χ1v) is 10.9. The predicted molar refractivity (Wildman–Crippen MR) is 111 cm³/mol. The zero-order chi connectivity index (χ0) is 22.4. The lowest BCUT2D eigenvalue weighted by molar-refractivity contribution is -0.122. The van der Waals surface area contributed by atoms with Crippen molar-refractivity contribution in [2.75, 3.05) is 13.7 Å². The molecule has 3 N–H and O–H groups in total. The SMILES string of the molecule is CCCOc1ccc(CC(=O)NC(C)(C)c2ccco2)cc1S(=O)(=O)NC(=O)NC. The number of furan rings is 1. The number of benzene rings is 1. The van der Waals surface area contributed by atoms with Gasteiger partial charge in [0.25, 0.3) is 10.0 Å². The summed E-state index contributed by atoms with van der Waals surface area (Å²) in [5.74, 6) is 0.381. The molecule has 9 nitrogen and oxygen atoms in total. The highest BCUT2D eigenvalue weighted by atomic mass is 32.2. The Hall–Kier alpha value is -3.01. The van der Waals surface area contributed by atoms with Crippen LogP contribution in [-0.2, 0) is 26.8 Å². The van der Waals surface area contributed by atoms with E-state index in [9.17, 15) is 18.0 Å². The second-order valence-corrected chi connectivity index (χ2v) is 8.79. The summed E-state index contributed by atoms with van der Waals surface area (Å²) in [5, 5.41) is 5.06. The summed E-state index contributed by atoms with van der Waals surface area (Å²) in [5.41, 5.74) is -0.288. The minimum Gasteiger partial charge on any atom is -0.492 e. The highest BCUT2D eigenvalue weighted by molar-refractivity contribution is 7.90. The van der Waals surface area contributed by atoms with Gasteiger partial charge in [-0.2, -0.15) is 0 Å². The second kappa shape index (κ2) is 9.66. The smallest absolute Gasteiger partial charge is 0.328 e. The molecule has 0 aliphatic carbocycles. The molecular weight excluding hydrogens is 410 g/mol. The van der Waals surface area contributed by atoms with Gasteiger partial charge in [-0.3, -0.25) is 4.79 Å². The molecule has 1 aromatic heterocycles. The van der Waals surface area contributed by atoms with Crippen LogP contribution in [0.15, 0.2) is 45.9 Å². The Kier molecular flexibility index (Phi) is 7.49. The van der Waals surface area contributed by atoms with Crippen LogP contribution in [0.3, 0.4) is 0 Å². The molecule has 0 bridgehead atoms. The van der Waals surface area contributed by atoms with Gasteiger partial charge in [0.2, 0.25) is 5.91 Å². The van der Waals surface area contributed by atoms with Crippen LogP contribution < -0.4 is 20.1 Å². The number of sulfonamides is 1. The van der Waals surface area contributed by atoms with Gasteiger partial charge in [-0.15, -0.1) is 0 Å². The molecule has 30 heavy (non-hydrogen) atoms. The van der Waals surface area contributed by atoms with Crippen LogP contribution in [0, 0.1) is 0 Å². The van der Waals surface area contributed by atoms with E-state index < -0.39 is 21.6 Å². The van der Waals surface area contributed by atoms with E-state index in [-0.39, 0.29) is 23.0 Å². The fourth-order valence-electron chi connectivity index (χ4n) is 2.71. The summed E-state index contributed by atoms with van der Waals surface area (Å²) in [6, 6.07) is 7.04. The highest BCUT2D eigenvalue weighted by Gasteiger charge is 2.27. The number of ether oxygens (including phenoxy) is 1. The van der Waals surface area contributed by atoms with Crippen LogP contribution in [0.25, 0.3) is 0 Å². The molecule has 0 spiro atoms. The number of rotatable bonds is 9. The minimum atomic E-state index is -4.20. The van der Waals surface area contributed by atoms with E-state index >= 15 is 0 Å². The third kappa shape index (κ3) is 5.99. The van der Waals surface area contributed by atoms with Crippen molar-refractivity contribution in [1.82, 2.24) is 15.4 Å². The van der Waals surface area contributed by atoms with Crippen molar-refractivity contribution in [2.24, 2.45) is 0 Å². The van der Waals surface area contributed by atoms with Gasteiger partial charge in [0.1, 0.15) is 16.4 Å².